The van der Waals surface area contributed by atoms with Gasteiger partial charge in [-0.3, -0.25) is 14.7 Å². The zero-order valence-corrected chi connectivity index (χ0v) is 10.6. The van der Waals surface area contributed by atoms with Crippen molar-refractivity contribution < 1.29 is 14.3 Å². The van der Waals surface area contributed by atoms with E-state index in [0.717, 1.165) is 0 Å². The van der Waals surface area contributed by atoms with E-state index in [1.807, 2.05) is 0 Å². The minimum absolute atomic E-state index is 0.0591. The second-order valence-corrected chi connectivity index (χ2v) is 5.06. The summed E-state index contributed by atoms with van der Waals surface area (Å²) in [5.74, 6) is -0.110. The summed E-state index contributed by atoms with van der Waals surface area (Å²) in [6, 6.07) is 3.33. The Morgan fingerprint density at radius 3 is 2.94 bits per heavy atom. The van der Waals surface area contributed by atoms with Crippen LogP contribution in [0.4, 0.5) is 0 Å². The molecule has 0 aliphatic rings. The summed E-state index contributed by atoms with van der Waals surface area (Å²) in [4.78, 5) is 27.5. The summed E-state index contributed by atoms with van der Waals surface area (Å²) < 4.78 is 4.60. The van der Waals surface area contributed by atoms with Crippen LogP contribution in [0.5, 0.6) is 0 Å². The quantitative estimate of drug-likeness (QED) is 0.579. The van der Waals surface area contributed by atoms with Gasteiger partial charge in [-0.25, -0.2) is 4.98 Å². The van der Waals surface area contributed by atoms with Gasteiger partial charge in [-0.2, -0.15) is 0 Å². The molecule has 0 saturated heterocycles. The van der Waals surface area contributed by atoms with Gasteiger partial charge in [-0.05, 0) is 12.1 Å². The highest BCUT2D eigenvalue weighted by Crippen LogP contribution is 2.29. The van der Waals surface area contributed by atoms with E-state index in [2.05, 4.69) is 9.72 Å². The van der Waals surface area contributed by atoms with Crippen molar-refractivity contribution in [3.63, 3.8) is 0 Å². The molecule has 17 heavy (non-hydrogen) atoms. The van der Waals surface area contributed by atoms with Crippen LogP contribution in [-0.4, -0.2) is 42.3 Å². The van der Waals surface area contributed by atoms with Gasteiger partial charge in [0.1, 0.15) is 11.0 Å². The first-order valence-corrected chi connectivity index (χ1v) is 6.41. The van der Waals surface area contributed by atoms with Gasteiger partial charge in [0.2, 0.25) is 0 Å². The zero-order chi connectivity index (χ0) is 12.8. The number of rotatable bonds is 5. The van der Waals surface area contributed by atoms with Gasteiger partial charge in [0, 0.05) is 20.3 Å². The highest BCUT2D eigenvalue weighted by Gasteiger charge is 2.17. The lowest BCUT2D eigenvalue weighted by Crippen LogP contribution is -2.23. The van der Waals surface area contributed by atoms with Crippen LogP contribution in [0.15, 0.2) is 23.4 Å². The van der Waals surface area contributed by atoms with Crippen molar-refractivity contribution in [3.8, 4) is 0 Å². The summed E-state index contributed by atoms with van der Waals surface area (Å²) in [5, 5.41) is 6.36. The van der Waals surface area contributed by atoms with E-state index in [1.54, 1.807) is 32.4 Å². The average molecular weight is 257 g/mol. The minimum atomic E-state index is -1.27. The van der Waals surface area contributed by atoms with Crippen LogP contribution in [0.3, 0.4) is 0 Å². The molecule has 1 aromatic heterocycles. The number of pyridine rings is 1. The van der Waals surface area contributed by atoms with Gasteiger partial charge in [0.05, 0.1) is 5.56 Å². The number of nitrogens with zero attached hydrogens (tertiary/aromatic N) is 2. The predicted octanol–water partition coefficient (Wildman–Crippen LogP) is 0.148. The highest BCUT2D eigenvalue weighted by atomic mass is 32.2. The largest absolute Gasteiger partial charge is 0.457 e. The maximum atomic E-state index is 11.9. The second-order valence-electron chi connectivity index (χ2n) is 3.44. The number of aromatic nitrogens is 1. The van der Waals surface area contributed by atoms with E-state index in [9.17, 15) is 9.59 Å². The summed E-state index contributed by atoms with van der Waals surface area (Å²) >= 11 is -1.27. The number of carbonyl (C=O) groups excluding carboxylic acids is 2. The Labute approximate surface area is 102 Å². The lowest BCUT2D eigenvalue weighted by atomic mass is 10.2. The minimum Gasteiger partial charge on any atom is -0.457 e. The fourth-order valence-corrected chi connectivity index (χ4v) is 2.24. The van der Waals surface area contributed by atoms with Gasteiger partial charge >= 0.3 is 0 Å². The van der Waals surface area contributed by atoms with Gasteiger partial charge in [-0.1, -0.05) is 0 Å². The third-order valence-corrected chi connectivity index (χ3v) is 3.30. The molecule has 1 unspecified atom stereocenters. The van der Waals surface area contributed by atoms with Gasteiger partial charge in [0.15, 0.2) is 0 Å². The fourth-order valence-electron chi connectivity index (χ4n) is 1.21. The molecule has 1 heterocycles. The molecule has 1 aromatic rings. The van der Waals surface area contributed by atoms with E-state index in [-0.39, 0.29) is 11.8 Å². The molecule has 6 nitrogen and oxygen atoms in total. The van der Waals surface area contributed by atoms with Crippen LogP contribution in [0.25, 0.3) is 0 Å². The number of thiol groups is 1. The van der Waals surface area contributed by atoms with Crippen molar-refractivity contribution >= 4 is 23.5 Å². The topological polar surface area (TPSA) is 85.5 Å². The molecule has 0 aromatic carbocycles. The molecule has 0 radical (unpaired) electrons. The third-order valence-electron chi connectivity index (χ3n) is 1.98. The van der Waals surface area contributed by atoms with E-state index >= 15 is 0 Å². The van der Waals surface area contributed by atoms with Crippen molar-refractivity contribution in [3.05, 3.63) is 23.9 Å². The summed E-state index contributed by atoms with van der Waals surface area (Å²) in [6.45, 7) is 0.332. The number of ether oxygens (including phenoxy) is 1. The predicted molar refractivity (Wildman–Crippen MR) is 65.7 cm³/mol. The van der Waals surface area contributed by atoms with Gasteiger partial charge in [-0.15, -0.1) is 11.1 Å². The molecule has 0 bridgehead atoms. The van der Waals surface area contributed by atoms with Crippen molar-refractivity contribution in [1.82, 2.24) is 9.88 Å². The lowest BCUT2D eigenvalue weighted by Gasteiger charge is -2.18. The summed E-state index contributed by atoms with van der Waals surface area (Å²) in [5.41, 5.74) is 0.445. The molecular weight excluding hydrogens is 242 g/mol. The monoisotopic (exact) mass is 257 g/mol. The van der Waals surface area contributed by atoms with Crippen LogP contribution in [-0.2, 0) is 9.53 Å². The van der Waals surface area contributed by atoms with Crippen LogP contribution >= 0.6 is 11.1 Å². The standard InChI is InChI=1S/C10H15N3O3S/c1-13(2)10(15)8-4-3-5-12-9(8)17(11)7-16-6-14/h3-6,17H,7,11H2,1-2H3. The van der Waals surface area contributed by atoms with E-state index in [1.165, 1.54) is 4.90 Å². The van der Waals surface area contributed by atoms with Crippen LogP contribution in [0.2, 0.25) is 0 Å². The van der Waals surface area contributed by atoms with E-state index in [0.29, 0.717) is 17.1 Å². The Hall–Kier alpha value is -1.60. The van der Waals surface area contributed by atoms with Gasteiger partial charge in [0.25, 0.3) is 12.4 Å². The summed E-state index contributed by atoms with van der Waals surface area (Å²) in [7, 11) is 3.31. The molecule has 7 heteroatoms. The Kier molecular flexibility index (Phi) is 4.92. The Bertz CT molecular complexity index is 412. The van der Waals surface area contributed by atoms with Crippen molar-refractivity contribution in [2.45, 2.75) is 5.03 Å². The maximum Gasteiger partial charge on any atom is 0.293 e. The Balaban J connectivity index is 2.98. The Morgan fingerprint density at radius 2 is 2.35 bits per heavy atom. The first kappa shape index (κ1) is 13.5. The molecular formula is C10H15N3O3S. The SMILES string of the molecule is CN(C)C(=O)c1cccnc1[SH](N)COC=O. The second kappa shape index (κ2) is 6.21. The molecule has 0 aliphatic carbocycles. The number of hydrogen-bond donors (Lipinski definition) is 2. The van der Waals surface area contributed by atoms with E-state index < -0.39 is 11.1 Å². The molecule has 0 spiro atoms. The molecule has 2 N–H and O–H groups in total. The van der Waals surface area contributed by atoms with Crippen molar-refractivity contribution in [2.75, 3.05) is 20.0 Å². The first-order valence-electron chi connectivity index (χ1n) is 4.82. The smallest absolute Gasteiger partial charge is 0.293 e. The molecule has 1 rings (SSSR count). The molecule has 1 atom stereocenters. The van der Waals surface area contributed by atoms with Gasteiger partial charge < -0.3 is 9.64 Å². The molecule has 1 amide bonds. The molecule has 0 saturated carbocycles. The average Bonchev–Trinajstić information content (AvgIpc) is 2.34. The molecule has 94 valence electrons. The van der Waals surface area contributed by atoms with Crippen molar-refractivity contribution in [1.29, 1.82) is 0 Å². The third kappa shape index (κ3) is 3.43. The first-order chi connectivity index (χ1) is 8.07. The number of hydrogen-bond acceptors (Lipinski definition) is 5. The normalized spacial score (nSPS) is 12.8. The Morgan fingerprint density at radius 1 is 1.65 bits per heavy atom. The van der Waals surface area contributed by atoms with Crippen LogP contribution < -0.4 is 5.14 Å². The summed E-state index contributed by atoms with van der Waals surface area (Å²) in [6.07, 6.45) is 1.56. The highest BCUT2D eigenvalue weighted by molar-refractivity contribution is 8.14. The van der Waals surface area contributed by atoms with Crippen LogP contribution in [0.1, 0.15) is 10.4 Å². The van der Waals surface area contributed by atoms with E-state index in [4.69, 9.17) is 5.14 Å². The number of amides is 1. The van der Waals surface area contributed by atoms with Crippen LogP contribution in [0, 0.1) is 0 Å². The van der Waals surface area contributed by atoms with Crippen molar-refractivity contribution in [2.24, 2.45) is 5.14 Å². The lowest BCUT2D eigenvalue weighted by molar-refractivity contribution is -0.126. The molecule has 0 aliphatic heterocycles. The number of carbonyl (C=O) groups is 2. The fraction of sp³-hybridized carbons (Fsp3) is 0.300. The number of nitrogens with two attached hydrogens (primary N) is 1. The maximum absolute atomic E-state index is 11.9. The zero-order valence-electron chi connectivity index (χ0n) is 9.66. The molecule has 0 fully saturated rings.